The SMILES string of the molecule is CNS(=O)(=O)c1ccc(CCC(=O)N2CCNCC2c2nccn2C)cc1. The van der Waals surface area contributed by atoms with E-state index < -0.39 is 10.0 Å². The summed E-state index contributed by atoms with van der Waals surface area (Å²) >= 11 is 0. The average Bonchev–Trinajstić information content (AvgIpc) is 3.12. The van der Waals surface area contributed by atoms with Crippen LogP contribution in [0, 0.1) is 0 Å². The van der Waals surface area contributed by atoms with E-state index in [1.807, 2.05) is 22.7 Å². The largest absolute Gasteiger partial charge is 0.336 e. The number of aromatic nitrogens is 2. The predicted molar refractivity (Wildman–Crippen MR) is 102 cm³/mol. The summed E-state index contributed by atoms with van der Waals surface area (Å²) < 4.78 is 27.8. The van der Waals surface area contributed by atoms with Crippen LogP contribution in [0.2, 0.25) is 0 Å². The van der Waals surface area contributed by atoms with E-state index in [1.54, 1.807) is 30.5 Å². The maximum absolute atomic E-state index is 12.8. The van der Waals surface area contributed by atoms with Gasteiger partial charge in [0.05, 0.1) is 4.90 Å². The second-order valence-electron chi connectivity index (χ2n) is 6.55. The van der Waals surface area contributed by atoms with Crippen molar-refractivity contribution < 1.29 is 13.2 Å². The molecule has 2 aromatic rings. The summed E-state index contributed by atoms with van der Waals surface area (Å²) in [5.41, 5.74) is 0.932. The molecule has 1 atom stereocenters. The molecule has 8 nitrogen and oxygen atoms in total. The Kier molecular flexibility index (Phi) is 5.93. The highest BCUT2D eigenvalue weighted by molar-refractivity contribution is 7.89. The number of nitrogens with one attached hydrogen (secondary N) is 2. The van der Waals surface area contributed by atoms with Gasteiger partial charge in [-0.25, -0.2) is 18.1 Å². The number of hydrogen-bond acceptors (Lipinski definition) is 5. The molecule has 1 aromatic heterocycles. The Balaban J connectivity index is 1.65. The van der Waals surface area contributed by atoms with Crippen molar-refractivity contribution in [1.82, 2.24) is 24.5 Å². The summed E-state index contributed by atoms with van der Waals surface area (Å²) in [6, 6.07) is 6.56. The van der Waals surface area contributed by atoms with Gasteiger partial charge in [0, 0.05) is 45.5 Å². The van der Waals surface area contributed by atoms with Gasteiger partial charge in [-0.3, -0.25) is 4.79 Å². The summed E-state index contributed by atoms with van der Waals surface area (Å²) in [6.07, 6.45) is 4.57. The molecular formula is C18H25N5O3S. The number of piperazine rings is 1. The van der Waals surface area contributed by atoms with Crippen LogP contribution in [0.3, 0.4) is 0 Å². The summed E-state index contributed by atoms with van der Waals surface area (Å²) in [4.78, 5) is 19.3. The van der Waals surface area contributed by atoms with E-state index in [1.165, 1.54) is 7.05 Å². The Morgan fingerprint density at radius 3 is 2.70 bits per heavy atom. The number of carbonyl (C=O) groups is 1. The number of amides is 1. The average molecular weight is 391 g/mol. The first-order valence-corrected chi connectivity index (χ1v) is 10.4. The first kappa shape index (κ1) is 19.5. The zero-order valence-electron chi connectivity index (χ0n) is 15.6. The summed E-state index contributed by atoms with van der Waals surface area (Å²) in [5, 5.41) is 3.32. The maximum Gasteiger partial charge on any atom is 0.240 e. The molecular weight excluding hydrogens is 366 g/mol. The zero-order chi connectivity index (χ0) is 19.4. The normalized spacial score (nSPS) is 17.9. The van der Waals surface area contributed by atoms with E-state index >= 15 is 0 Å². The molecule has 1 aromatic carbocycles. The van der Waals surface area contributed by atoms with Crippen LogP contribution in [-0.2, 0) is 28.3 Å². The molecule has 0 aliphatic carbocycles. The minimum atomic E-state index is -3.44. The number of benzene rings is 1. The van der Waals surface area contributed by atoms with Crippen LogP contribution in [0.15, 0.2) is 41.6 Å². The third-order valence-corrected chi connectivity index (χ3v) is 6.28. The molecule has 2 heterocycles. The quantitative estimate of drug-likeness (QED) is 0.745. The highest BCUT2D eigenvalue weighted by atomic mass is 32.2. The number of rotatable bonds is 6. The topological polar surface area (TPSA) is 96.3 Å². The van der Waals surface area contributed by atoms with E-state index in [2.05, 4.69) is 15.0 Å². The van der Waals surface area contributed by atoms with Gasteiger partial charge in [0.2, 0.25) is 15.9 Å². The van der Waals surface area contributed by atoms with E-state index in [0.717, 1.165) is 17.9 Å². The number of nitrogens with zero attached hydrogens (tertiary/aromatic N) is 3. The van der Waals surface area contributed by atoms with Gasteiger partial charge in [0.15, 0.2) is 0 Å². The van der Waals surface area contributed by atoms with Crippen LogP contribution >= 0.6 is 0 Å². The van der Waals surface area contributed by atoms with Crippen LogP contribution in [0.5, 0.6) is 0 Å². The van der Waals surface area contributed by atoms with Crippen molar-refractivity contribution in [2.75, 3.05) is 26.7 Å². The van der Waals surface area contributed by atoms with Gasteiger partial charge in [-0.15, -0.1) is 0 Å². The minimum Gasteiger partial charge on any atom is -0.336 e. The second kappa shape index (κ2) is 8.20. The molecule has 1 amide bonds. The molecule has 2 N–H and O–H groups in total. The second-order valence-corrected chi connectivity index (χ2v) is 8.44. The van der Waals surface area contributed by atoms with Crippen LogP contribution in [-0.4, -0.2) is 55.5 Å². The van der Waals surface area contributed by atoms with Gasteiger partial charge in [0.25, 0.3) is 0 Å². The van der Waals surface area contributed by atoms with Gasteiger partial charge in [-0.05, 0) is 31.2 Å². The van der Waals surface area contributed by atoms with Crippen molar-refractivity contribution in [3.8, 4) is 0 Å². The number of aryl methyl sites for hydroxylation is 2. The van der Waals surface area contributed by atoms with Crippen LogP contribution < -0.4 is 10.0 Å². The van der Waals surface area contributed by atoms with E-state index in [-0.39, 0.29) is 16.8 Å². The molecule has 1 saturated heterocycles. The lowest BCUT2D eigenvalue weighted by Crippen LogP contribution is -2.49. The molecule has 0 bridgehead atoms. The van der Waals surface area contributed by atoms with Gasteiger partial charge < -0.3 is 14.8 Å². The van der Waals surface area contributed by atoms with Gasteiger partial charge in [0.1, 0.15) is 11.9 Å². The minimum absolute atomic E-state index is 0.0746. The smallest absolute Gasteiger partial charge is 0.240 e. The number of imidazole rings is 1. The molecule has 1 aliphatic rings. The summed E-state index contributed by atoms with van der Waals surface area (Å²) in [7, 11) is -0.128. The van der Waals surface area contributed by atoms with Gasteiger partial charge >= 0.3 is 0 Å². The van der Waals surface area contributed by atoms with E-state index in [9.17, 15) is 13.2 Å². The summed E-state index contributed by atoms with van der Waals surface area (Å²) in [6.45, 7) is 2.10. The fourth-order valence-electron chi connectivity index (χ4n) is 3.28. The molecule has 146 valence electrons. The van der Waals surface area contributed by atoms with Gasteiger partial charge in [-0.2, -0.15) is 0 Å². The molecule has 1 unspecified atom stereocenters. The van der Waals surface area contributed by atoms with Gasteiger partial charge in [-0.1, -0.05) is 12.1 Å². The van der Waals surface area contributed by atoms with Crippen LogP contribution in [0.4, 0.5) is 0 Å². The first-order chi connectivity index (χ1) is 12.9. The van der Waals surface area contributed by atoms with E-state index in [4.69, 9.17) is 0 Å². The van der Waals surface area contributed by atoms with Crippen molar-refractivity contribution >= 4 is 15.9 Å². The van der Waals surface area contributed by atoms with Crippen molar-refractivity contribution in [1.29, 1.82) is 0 Å². The predicted octanol–water partition coefficient (Wildman–Crippen LogP) is 0.434. The number of carbonyl (C=O) groups excluding carboxylic acids is 1. The fraction of sp³-hybridized carbons (Fsp3) is 0.444. The lowest BCUT2D eigenvalue weighted by molar-refractivity contribution is -0.134. The Morgan fingerprint density at radius 2 is 2.07 bits per heavy atom. The molecule has 9 heteroatoms. The Labute approximate surface area is 159 Å². The molecule has 1 fully saturated rings. The summed E-state index contributed by atoms with van der Waals surface area (Å²) in [5.74, 6) is 0.952. The van der Waals surface area contributed by atoms with Crippen molar-refractivity contribution in [2.45, 2.75) is 23.8 Å². The first-order valence-electron chi connectivity index (χ1n) is 8.92. The third kappa shape index (κ3) is 4.37. The Hall–Kier alpha value is -2.23. The molecule has 27 heavy (non-hydrogen) atoms. The van der Waals surface area contributed by atoms with Crippen LogP contribution in [0.1, 0.15) is 23.9 Å². The lowest BCUT2D eigenvalue weighted by atomic mass is 10.1. The molecule has 1 aliphatic heterocycles. The fourth-order valence-corrected chi connectivity index (χ4v) is 4.01. The number of sulfonamides is 1. The van der Waals surface area contributed by atoms with E-state index in [0.29, 0.717) is 25.9 Å². The maximum atomic E-state index is 12.8. The standard InChI is InChI=1S/C18H25N5O3S/c1-19-27(25,26)15-6-3-14(4-7-15)5-8-17(24)23-12-9-20-13-16(23)18-21-10-11-22(18)2/h3-4,6-7,10-11,16,19-20H,5,8-9,12-13H2,1-2H3. The van der Waals surface area contributed by atoms with Crippen molar-refractivity contribution in [2.24, 2.45) is 7.05 Å². The zero-order valence-corrected chi connectivity index (χ0v) is 16.4. The van der Waals surface area contributed by atoms with Crippen molar-refractivity contribution in [3.63, 3.8) is 0 Å². The monoisotopic (exact) mass is 391 g/mol. The molecule has 0 radical (unpaired) electrons. The van der Waals surface area contributed by atoms with Crippen LogP contribution in [0.25, 0.3) is 0 Å². The highest BCUT2D eigenvalue weighted by Crippen LogP contribution is 2.22. The Morgan fingerprint density at radius 1 is 1.33 bits per heavy atom. The third-order valence-electron chi connectivity index (χ3n) is 4.85. The number of hydrogen-bond donors (Lipinski definition) is 2. The molecule has 0 saturated carbocycles. The highest BCUT2D eigenvalue weighted by Gasteiger charge is 2.30. The molecule has 0 spiro atoms. The lowest BCUT2D eigenvalue weighted by Gasteiger charge is -2.35. The molecule has 3 rings (SSSR count). The van der Waals surface area contributed by atoms with Crippen molar-refractivity contribution in [3.05, 3.63) is 48.0 Å². The Bertz CT molecular complexity index is 892.